The van der Waals surface area contributed by atoms with Crippen molar-refractivity contribution in [1.82, 2.24) is 9.55 Å². The molecule has 0 amide bonds. The van der Waals surface area contributed by atoms with Gasteiger partial charge in [-0.1, -0.05) is 0 Å². The van der Waals surface area contributed by atoms with Crippen LogP contribution in [0.3, 0.4) is 0 Å². The maximum Gasteiger partial charge on any atom is 0.316 e. The summed E-state index contributed by atoms with van der Waals surface area (Å²) in [5, 5.41) is 8.38. The topological polar surface area (TPSA) is 72.2 Å². The van der Waals surface area contributed by atoms with Crippen LogP contribution in [0.2, 0.25) is 0 Å². The smallest absolute Gasteiger partial charge is 0.316 e. The number of imidazole rings is 1. The van der Waals surface area contributed by atoms with Crippen molar-refractivity contribution in [3.05, 3.63) is 18.2 Å². The van der Waals surface area contributed by atoms with Gasteiger partial charge in [0.25, 0.3) is 0 Å². The van der Waals surface area contributed by atoms with Crippen LogP contribution in [0.1, 0.15) is 5.82 Å². The van der Waals surface area contributed by atoms with Gasteiger partial charge in [0, 0.05) is 35.5 Å². The van der Waals surface area contributed by atoms with E-state index in [0.717, 1.165) is 5.82 Å². The standard InChI is InChI=1S/C8H12N2O3S/c1-7-9-2-3-10(7)4-5-14(13)6-8(11)12/h2-3H,4-6H2,1H3,(H,11,12). The fourth-order valence-electron chi connectivity index (χ4n) is 1.05. The van der Waals surface area contributed by atoms with Crippen molar-refractivity contribution in [3.8, 4) is 0 Å². The molecule has 0 aliphatic rings. The molecule has 1 unspecified atom stereocenters. The molecule has 0 aliphatic carbocycles. The summed E-state index contributed by atoms with van der Waals surface area (Å²) in [7, 11) is -1.29. The maximum absolute atomic E-state index is 11.2. The van der Waals surface area contributed by atoms with Gasteiger partial charge in [-0.25, -0.2) is 4.98 Å². The summed E-state index contributed by atoms with van der Waals surface area (Å²) in [5.74, 6) is -0.111. The number of aromatic nitrogens is 2. The molecule has 0 aromatic carbocycles. The Morgan fingerprint density at radius 3 is 2.93 bits per heavy atom. The minimum atomic E-state index is -1.29. The van der Waals surface area contributed by atoms with E-state index in [4.69, 9.17) is 5.11 Å². The van der Waals surface area contributed by atoms with Crippen molar-refractivity contribution in [2.75, 3.05) is 11.5 Å². The van der Waals surface area contributed by atoms with Crippen LogP contribution in [0.25, 0.3) is 0 Å². The van der Waals surface area contributed by atoms with Gasteiger partial charge in [-0.3, -0.25) is 9.00 Å². The van der Waals surface area contributed by atoms with Crippen LogP contribution in [0.4, 0.5) is 0 Å². The van der Waals surface area contributed by atoms with Crippen molar-refractivity contribution in [2.45, 2.75) is 13.5 Å². The van der Waals surface area contributed by atoms with E-state index < -0.39 is 16.8 Å². The average molecular weight is 216 g/mol. The summed E-state index contributed by atoms with van der Waals surface area (Å²) in [6.07, 6.45) is 3.45. The van der Waals surface area contributed by atoms with Gasteiger partial charge in [0.2, 0.25) is 0 Å². The lowest BCUT2D eigenvalue weighted by Crippen LogP contribution is -2.15. The first-order chi connectivity index (χ1) is 6.59. The van der Waals surface area contributed by atoms with Gasteiger partial charge in [0.1, 0.15) is 11.6 Å². The summed E-state index contributed by atoms with van der Waals surface area (Å²) in [4.78, 5) is 14.2. The number of hydrogen-bond donors (Lipinski definition) is 1. The molecule has 78 valence electrons. The van der Waals surface area contributed by atoms with E-state index >= 15 is 0 Å². The molecule has 1 atom stereocenters. The molecular weight excluding hydrogens is 204 g/mol. The Morgan fingerprint density at radius 1 is 1.71 bits per heavy atom. The molecule has 1 rings (SSSR count). The fraction of sp³-hybridized carbons (Fsp3) is 0.500. The predicted molar refractivity (Wildman–Crippen MR) is 52.5 cm³/mol. The van der Waals surface area contributed by atoms with Gasteiger partial charge in [0.05, 0.1) is 0 Å². The molecule has 1 aromatic rings. The van der Waals surface area contributed by atoms with Gasteiger partial charge in [-0.15, -0.1) is 0 Å². The van der Waals surface area contributed by atoms with Gasteiger partial charge >= 0.3 is 5.97 Å². The third-order valence-electron chi connectivity index (χ3n) is 1.77. The molecule has 5 nitrogen and oxygen atoms in total. The molecule has 0 radical (unpaired) electrons. The number of aliphatic carboxylic acids is 1. The highest BCUT2D eigenvalue weighted by Gasteiger charge is 2.06. The number of carboxylic acid groups (broad SMARTS) is 1. The number of rotatable bonds is 5. The highest BCUT2D eigenvalue weighted by Crippen LogP contribution is 1.96. The second-order valence-corrected chi connectivity index (χ2v) is 4.43. The van der Waals surface area contributed by atoms with Gasteiger partial charge in [-0.05, 0) is 6.92 Å². The Bertz CT molecular complexity index is 348. The second kappa shape index (κ2) is 4.90. The Morgan fingerprint density at radius 2 is 2.43 bits per heavy atom. The third-order valence-corrected chi connectivity index (χ3v) is 2.97. The zero-order chi connectivity index (χ0) is 10.6. The monoisotopic (exact) mass is 216 g/mol. The molecule has 0 aliphatic heterocycles. The molecule has 14 heavy (non-hydrogen) atoms. The Hall–Kier alpha value is -1.17. The number of hydrogen-bond acceptors (Lipinski definition) is 3. The van der Waals surface area contributed by atoms with E-state index in [1.165, 1.54) is 0 Å². The highest BCUT2D eigenvalue weighted by atomic mass is 32.2. The molecule has 1 N–H and O–H groups in total. The van der Waals surface area contributed by atoms with Crippen LogP contribution in [0.5, 0.6) is 0 Å². The summed E-state index contributed by atoms with van der Waals surface area (Å²) in [5.41, 5.74) is 0. The quantitative estimate of drug-likeness (QED) is 0.753. The van der Waals surface area contributed by atoms with Gasteiger partial charge in [0.15, 0.2) is 0 Å². The molecule has 0 bridgehead atoms. The minimum Gasteiger partial charge on any atom is -0.481 e. The molecule has 1 heterocycles. The zero-order valence-corrected chi connectivity index (χ0v) is 8.66. The van der Waals surface area contributed by atoms with Gasteiger partial charge < -0.3 is 9.67 Å². The van der Waals surface area contributed by atoms with Crippen LogP contribution in [-0.4, -0.2) is 36.3 Å². The van der Waals surface area contributed by atoms with Crippen LogP contribution in [0.15, 0.2) is 12.4 Å². The van der Waals surface area contributed by atoms with Crippen molar-refractivity contribution in [1.29, 1.82) is 0 Å². The van der Waals surface area contributed by atoms with Crippen molar-refractivity contribution >= 4 is 16.8 Å². The van der Waals surface area contributed by atoms with Crippen LogP contribution in [0, 0.1) is 6.92 Å². The van der Waals surface area contributed by atoms with Crippen molar-refractivity contribution in [3.63, 3.8) is 0 Å². The van der Waals surface area contributed by atoms with Crippen LogP contribution in [-0.2, 0) is 22.1 Å². The number of carbonyl (C=O) groups is 1. The first-order valence-corrected chi connectivity index (χ1v) is 5.63. The predicted octanol–water partition coefficient (Wildman–Crippen LogP) is 0.0248. The lowest BCUT2D eigenvalue weighted by Gasteiger charge is -2.03. The van der Waals surface area contributed by atoms with E-state index in [1.54, 1.807) is 12.4 Å². The third kappa shape index (κ3) is 3.29. The van der Waals surface area contributed by atoms with Crippen molar-refractivity contribution < 1.29 is 14.1 Å². The van der Waals surface area contributed by atoms with Crippen LogP contribution >= 0.6 is 0 Å². The first-order valence-electron chi connectivity index (χ1n) is 4.14. The molecule has 0 saturated heterocycles. The molecule has 1 aromatic heterocycles. The Kier molecular flexibility index (Phi) is 3.82. The normalized spacial score (nSPS) is 12.6. The highest BCUT2D eigenvalue weighted by molar-refractivity contribution is 7.85. The fourth-order valence-corrected chi connectivity index (χ4v) is 1.87. The lowest BCUT2D eigenvalue weighted by atomic mass is 10.6. The summed E-state index contributed by atoms with van der Waals surface area (Å²) in [6.45, 7) is 2.39. The largest absolute Gasteiger partial charge is 0.481 e. The maximum atomic E-state index is 11.2. The SMILES string of the molecule is Cc1nccn1CCS(=O)CC(=O)O. The molecule has 0 spiro atoms. The molecule has 0 saturated carbocycles. The number of carboxylic acids is 1. The minimum absolute atomic E-state index is 0.284. The van der Waals surface area contributed by atoms with Crippen LogP contribution < -0.4 is 0 Å². The second-order valence-electron chi connectivity index (χ2n) is 2.85. The average Bonchev–Trinajstić information content (AvgIpc) is 2.46. The summed E-state index contributed by atoms with van der Waals surface area (Å²) < 4.78 is 13.0. The number of aryl methyl sites for hydroxylation is 2. The van der Waals surface area contributed by atoms with E-state index in [2.05, 4.69) is 4.98 Å². The summed E-state index contributed by atoms with van der Waals surface area (Å²) in [6, 6.07) is 0. The molecular formula is C8H12N2O3S. The van der Waals surface area contributed by atoms with Crippen molar-refractivity contribution in [2.24, 2.45) is 0 Å². The lowest BCUT2D eigenvalue weighted by molar-refractivity contribution is -0.133. The van der Waals surface area contributed by atoms with Gasteiger partial charge in [-0.2, -0.15) is 0 Å². The number of nitrogens with zero attached hydrogens (tertiary/aromatic N) is 2. The van der Waals surface area contributed by atoms with E-state index in [9.17, 15) is 9.00 Å². The molecule has 6 heteroatoms. The summed E-state index contributed by atoms with van der Waals surface area (Å²) >= 11 is 0. The Balaban J connectivity index is 2.38. The first kappa shape index (κ1) is 10.9. The molecule has 0 fully saturated rings. The van der Waals surface area contributed by atoms with E-state index in [1.807, 2.05) is 11.5 Å². The van der Waals surface area contributed by atoms with E-state index in [-0.39, 0.29) is 5.75 Å². The zero-order valence-electron chi connectivity index (χ0n) is 7.84. The van der Waals surface area contributed by atoms with E-state index in [0.29, 0.717) is 12.3 Å². The Labute approximate surface area is 84.2 Å².